The lowest BCUT2D eigenvalue weighted by Gasteiger charge is -2.23. The Bertz CT molecular complexity index is 2180. The quantitative estimate of drug-likeness (QED) is 0.00998. The summed E-state index contributed by atoms with van der Waals surface area (Å²) in [7, 11) is -11.1. The van der Waals surface area contributed by atoms with Gasteiger partial charge in [-0.1, -0.05) is 139 Å². The zero-order chi connectivity index (χ0) is 57.6. The van der Waals surface area contributed by atoms with Gasteiger partial charge in [0, 0.05) is 30.0 Å². The first kappa shape index (κ1) is 70.3. The van der Waals surface area contributed by atoms with Crippen molar-refractivity contribution in [1.82, 2.24) is 9.55 Å². The number of aromatic nitrogens is 2. The van der Waals surface area contributed by atoms with Gasteiger partial charge in [-0.3, -0.25) is 28.0 Å². The molecule has 0 aliphatic carbocycles. The molecule has 2 heterocycles. The molecule has 0 radical (unpaired) electrons. The van der Waals surface area contributed by atoms with Crippen LogP contribution in [0.5, 0.6) is 0 Å². The van der Waals surface area contributed by atoms with Crippen LogP contribution in [0.15, 0.2) is 77.8 Å². The summed E-state index contributed by atoms with van der Waals surface area (Å²) in [6, 6.07) is -0.164. The molecule has 2 rings (SSSR count). The van der Waals surface area contributed by atoms with Crippen LogP contribution in [0, 0.1) is 0 Å². The number of rotatable bonds is 45. The number of hydrogen-bond donors (Lipinski definition) is 8. The molecular formula is C53H88N4O18P2S. The standard InChI is InChI=1S/C53H88N4O18P2S/c1-3-5-7-9-11-13-15-17-18-19-21-23-25-27-29-34-48(61)70-37-41(38-71-76(66,67)75-77(68,69)72-39-44-49(62)50(63)51(74-44)57-36-35-46(55)56-53(57)65)73-52(64)42(54)40-78-45(43(58)31-30-33-47(59)60)32-28-26-24-22-20-16-14-12-10-8-6-4-2/h12,14,17-18,20,22,24,26,28,32,35-36,41-45,49-51,58,62-63H,3-11,13,15-16,19,21,23,25,27,29-31,33-34,37-40,54H2,1-2H3,(H,59,60)(H,66,67)(H,68,69)(H2,55,56,65)/b14-12-,18-17-,22-20-,26-24+,32-28+/t41-,42+,43+,44-,45-,49-,50-,51-/m1/s1. The topological polar surface area (TPSA) is 349 Å². The van der Waals surface area contributed by atoms with Crippen LogP contribution in [0.2, 0.25) is 0 Å². The van der Waals surface area contributed by atoms with Crippen molar-refractivity contribution in [2.45, 2.75) is 203 Å². The number of carboxylic acid groups (broad SMARTS) is 1. The van der Waals surface area contributed by atoms with Crippen molar-refractivity contribution in [2.75, 3.05) is 31.3 Å². The third-order valence-electron chi connectivity index (χ3n) is 12.1. The Morgan fingerprint density at radius 1 is 0.795 bits per heavy atom. The molecule has 0 amide bonds. The Labute approximate surface area is 464 Å². The van der Waals surface area contributed by atoms with Gasteiger partial charge in [0.2, 0.25) is 0 Å². The highest BCUT2D eigenvalue weighted by molar-refractivity contribution is 8.00. The molecule has 10 N–H and O–H groups in total. The zero-order valence-corrected chi connectivity index (χ0v) is 48.0. The number of aliphatic carboxylic acids is 1. The van der Waals surface area contributed by atoms with E-state index in [4.69, 9.17) is 39.8 Å². The van der Waals surface area contributed by atoms with Gasteiger partial charge in [0.25, 0.3) is 0 Å². The van der Waals surface area contributed by atoms with Gasteiger partial charge in [0.05, 0.1) is 19.3 Å². The minimum absolute atomic E-state index is 0.0129. The third-order valence-corrected chi connectivity index (χ3v) is 16.1. The predicted molar refractivity (Wildman–Crippen MR) is 299 cm³/mol. The summed E-state index contributed by atoms with van der Waals surface area (Å²) >= 11 is 1.09. The highest BCUT2D eigenvalue weighted by Gasteiger charge is 2.46. The van der Waals surface area contributed by atoms with Gasteiger partial charge in [-0.2, -0.15) is 9.29 Å². The number of phosphoric ester groups is 2. The first-order chi connectivity index (χ1) is 37.3. The fourth-order valence-corrected chi connectivity index (χ4v) is 10.9. The van der Waals surface area contributed by atoms with E-state index in [1.807, 2.05) is 18.2 Å². The van der Waals surface area contributed by atoms with E-state index in [0.717, 1.165) is 86.7 Å². The molecule has 1 aliphatic heterocycles. The number of thioether (sulfide) groups is 1. The van der Waals surface area contributed by atoms with Crippen LogP contribution in [0.3, 0.4) is 0 Å². The Kier molecular flexibility index (Phi) is 37.2. The molecule has 25 heteroatoms. The second-order valence-electron chi connectivity index (χ2n) is 18.9. The molecule has 1 aromatic heterocycles. The van der Waals surface area contributed by atoms with Crippen LogP contribution in [0.4, 0.5) is 5.82 Å². The van der Waals surface area contributed by atoms with E-state index in [1.165, 1.54) is 51.0 Å². The molecule has 0 spiro atoms. The van der Waals surface area contributed by atoms with Gasteiger partial charge in [-0.25, -0.2) is 13.9 Å². The summed E-state index contributed by atoms with van der Waals surface area (Å²) < 4.78 is 57.1. The molecule has 0 saturated carbocycles. The monoisotopic (exact) mass is 1160 g/mol. The number of esters is 2. The van der Waals surface area contributed by atoms with Crippen LogP contribution in [0.1, 0.15) is 161 Å². The van der Waals surface area contributed by atoms with E-state index in [0.29, 0.717) is 6.42 Å². The number of allylic oxidation sites excluding steroid dienone is 9. The number of carboxylic acids is 1. The molecule has 2 unspecified atom stereocenters. The number of aliphatic hydroxyl groups is 3. The van der Waals surface area contributed by atoms with Crippen molar-refractivity contribution >= 4 is 51.1 Å². The van der Waals surface area contributed by atoms with Gasteiger partial charge in [0.1, 0.15) is 36.8 Å². The lowest BCUT2D eigenvalue weighted by Crippen LogP contribution is -2.40. The number of carbonyl (C=O) groups excluding carboxylic acids is 2. The molecule has 444 valence electrons. The lowest BCUT2D eigenvalue weighted by atomic mass is 10.1. The van der Waals surface area contributed by atoms with Crippen molar-refractivity contribution in [1.29, 1.82) is 0 Å². The number of nitrogen functional groups attached to an aromatic ring is 1. The van der Waals surface area contributed by atoms with Gasteiger partial charge < -0.3 is 55.9 Å². The second kappa shape index (κ2) is 41.2. The predicted octanol–water partition coefficient (Wildman–Crippen LogP) is 8.43. The molecular weight excluding hydrogens is 1070 g/mol. The molecule has 1 saturated heterocycles. The van der Waals surface area contributed by atoms with E-state index in [9.17, 15) is 53.4 Å². The minimum Gasteiger partial charge on any atom is -0.481 e. The molecule has 22 nitrogen and oxygen atoms in total. The largest absolute Gasteiger partial charge is 0.481 e. The van der Waals surface area contributed by atoms with E-state index < -0.39 is 107 Å². The van der Waals surface area contributed by atoms with Crippen molar-refractivity contribution in [3.8, 4) is 0 Å². The fraction of sp³-hybridized carbons (Fsp3) is 0.679. The van der Waals surface area contributed by atoms with Crippen LogP contribution in [-0.4, -0.2) is 125 Å². The fourth-order valence-electron chi connectivity index (χ4n) is 7.67. The molecule has 10 atom stereocenters. The summed E-state index contributed by atoms with van der Waals surface area (Å²) in [5.41, 5.74) is 10.8. The Hall–Kier alpha value is -3.80. The van der Waals surface area contributed by atoms with Gasteiger partial charge in [-0.15, -0.1) is 11.8 Å². The van der Waals surface area contributed by atoms with E-state index in [2.05, 4.69) is 47.4 Å². The van der Waals surface area contributed by atoms with Crippen LogP contribution >= 0.6 is 27.4 Å². The molecule has 1 aromatic rings. The van der Waals surface area contributed by atoms with Crippen LogP contribution < -0.4 is 17.2 Å². The maximum atomic E-state index is 13.4. The summed E-state index contributed by atoms with van der Waals surface area (Å²) in [5, 5.41) is 40.5. The number of ether oxygens (including phenoxy) is 3. The Morgan fingerprint density at radius 3 is 2.06 bits per heavy atom. The Morgan fingerprint density at radius 2 is 1.40 bits per heavy atom. The van der Waals surface area contributed by atoms with Crippen LogP contribution in [-0.2, 0) is 51.1 Å². The minimum atomic E-state index is -5.58. The number of nitrogens with zero attached hydrogens (tertiary/aromatic N) is 2. The van der Waals surface area contributed by atoms with Crippen molar-refractivity contribution in [3.05, 3.63) is 83.5 Å². The summed E-state index contributed by atoms with van der Waals surface area (Å²) in [6.45, 7) is 1.63. The molecule has 78 heavy (non-hydrogen) atoms. The van der Waals surface area contributed by atoms with E-state index >= 15 is 0 Å². The first-order valence-electron chi connectivity index (χ1n) is 27.2. The normalized spacial score (nSPS) is 20.2. The van der Waals surface area contributed by atoms with Gasteiger partial charge in [-0.05, 0) is 70.3 Å². The van der Waals surface area contributed by atoms with Crippen molar-refractivity contribution < 1.29 is 81.3 Å². The molecule has 0 bridgehead atoms. The summed E-state index contributed by atoms with van der Waals surface area (Å²) in [6.07, 6.45) is 30.6. The molecule has 1 fully saturated rings. The maximum absolute atomic E-state index is 13.4. The highest BCUT2D eigenvalue weighted by atomic mass is 32.2. The Balaban J connectivity index is 2.06. The van der Waals surface area contributed by atoms with Crippen molar-refractivity contribution in [3.63, 3.8) is 0 Å². The molecule has 0 aromatic carbocycles. The summed E-state index contributed by atoms with van der Waals surface area (Å²) in [4.78, 5) is 74.1. The average molecular weight is 1160 g/mol. The highest BCUT2D eigenvalue weighted by Crippen LogP contribution is 2.60. The van der Waals surface area contributed by atoms with Gasteiger partial charge >= 0.3 is 39.2 Å². The zero-order valence-electron chi connectivity index (χ0n) is 45.4. The number of aliphatic hydroxyl groups excluding tert-OH is 3. The lowest BCUT2D eigenvalue weighted by molar-refractivity contribution is -0.161. The first-order valence-corrected chi connectivity index (χ1v) is 31.3. The smallest absolute Gasteiger partial charge is 0.481 e. The number of nitrogens with two attached hydrogens (primary N) is 2. The van der Waals surface area contributed by atoms with Crippen LogP contribution in [0.25, 0.3) is 0 Å². The number of phosphoric acid groups is 2. The van der Waals surface area contributed by atoms with E-state index in [-0.39, 0.29) is 37.3 Å². The van der Waals surface area contributed by atoms with Crippen molar-refractivity contribution in [2.24, 2.45) is 5.73 Å². The number of anilines is 1. The molecule has 1 aliphatic rings. The third kappa shape index (κ3) is 32.5. The average Bonchev–Trinajstić information content (AvgIpc) is 3.70. The van der Waals surface area contributed by atoms with E-state index in [1.54, 1.807) is 18.2 Å². The number of hydrogen-bond acceptors (Lipinski definition) is 19. The van der Waals surface area contributed by atoms with Gasteiger partial charge in [0.15, 0.2) is 12.3 Å². The summed E-state index contributed by atoms with van der Waals surface area (Å²) in [5.74, 6) is -3.04. The second-order valence-corrected chi connectivity index (χ2v) is 23.2. The number of unbranched alkanes of at least 4 members (excludes halogenated alkanes) is 14. The SMILES string of the molecule is CCCCC/C=C\C\C=C/C=C/C=C/[C@@H](SC[C@H](N)C(=O)O[C@H](COC(=O)CCCCCCC/C=C\CCCCCCCC)COP(=O)(O)OP(=O)(O)OC[C@H]1O[C@@H](n2ccc(N)nc2=O)[C@H](O)[C@@H]1O)[C@@H](O)CCCC(=O)O. The maximum Gasteiger partial charge on any atom is 0.481 e. The number of carbonyl (C=O) groups is 3.